The van der Waals surface area contributed by atoms with Crippen molar-refractivity contribution in [2.45, 2.75) is 26.3 Å². The number of hydrogen-bond acceptors (Lipinski definition) is 6. The number of rotatable bonds is 2. The van der Waals surface area contributed by atoms with Gasteiger partial charge in [0.15, 0.2) is 0 Å². The fraction of sp³-hybridized carbons (Fsp3) is 0.500. The van der Waals surface area contributed by atoms with Crippen LogP contribution in [0.15, 0.2) is 6.07 Å². The van der Waals surface area contributed by atoms with E-state index >= 15 is 0 Å². The third-order valence-corrected chi connectivity index (χ3v) is 1.39. The molecule has 0 radical (unpaired) electrons. The zero-order chi connectivity index (χ0) is 10.8. The monoisotopic (exact) mass is 196 g/mol. The number of nitrogens with one attached hydrogen (secondary N) is 2. The number of nitrogens with zero attached hydrogens (tertiary/aromatic N) is 2. The van der Waals surface area contributed by atoms with Gasteiger partial charge in [0.2, 0.25) is 5.95 Å². The molecule has 0 saturated heterocycles. The molecule has 0 amide bonds. The molecule has 14 heavy (non-hydrogen) atoms. The minimum absolute atomic E-state index is 0.0767. The van der Waals surface area contributed by atoms with Crippen LogP contribution in [0, 0.1) is 0 Å². The molecule has 1 heterocycles. The standard InChI is InChI=1S/C8H16N6/c1-8(2,3)13-5-4-6(14-10)12-7(9)11-5/h4H,10H2,1-3H3,(H4,9,11,12,13,14). The van der Waals surface area contributed by atoms with Gasteiger partial charge in [-0.05, 0) is 20.8 Å². The SMILES string of the molecule is CC(C)(C)Nc1cc(NN)nc(N)n1. The van der Waals surface area contributed by atoms with Crippen molar-refractivity contribution in [3.63, 3.8) is 0 Å². The second-order valence-electron chi connectivity index (χ2n) is 4.02. The highest BCUT2D eigenvalue weighted by Gasteiger charge is 2.11. The van der Waals surface area contributed by atoms with Crippen molar-refractivity contribution < 1.29 is 0 Å². The maximum Gasteiger partial charge on any atom is 0.223 e. The molecule has 6 heteroatoms. The Bertz CT molecular complexity index is 316. The van der Waals surface area contributed by atoms with Crippen LogP contribution in [0.2, 0.25) is 0 Å². The summed E-state index contributed by atoms with van der Waals surface area (Å²) in [5.74, 6) is 6.56. The zero-order valence-electron chi connectivity index (χ0n) is 8.63. The molecule has 1 rings (SSSR count). The molecule has 78 valence electrons. The summed E-state index contributed by atoms with van der Waals surface area (Å²) in [6.07, 6.45) is 0. The predicted octanol–water partition coefficient (Wildman–Crippen LogP) is 0.555. The molecule has 1 aromatic rings. The molecule has 0 aliphatic rings. The molecule has 0 aromatic carbocycles. The lowest BCUT2D eigenvalue weighted by molar-refractivity contribution is 0.630. The van der Waals surface area contributed by atoms with Gasteiger partial charge in [0.1, 0.15) is 11.6 Å². The van der Waals surface area contributed by atoms with Gasteiger partial charge in [-0.15, -0.1) is 0 Å². The van der Waals surface area contributed by atoms with Crippen LogP contribution in [-0.2, 0) is 0 Å². The molecular formula is C8H16N6. The maximum absolute atomic E-state index is 5.50. The quantitative estimate of drug-likeness (QED) is 0.407. The average molecular weight is 196 g/mol. The van der Waals surface area contributed by atoms with Crippen molar-refractivity contribution in [1.82, 2.24) is 9.97 Å². The molecule has 0 atom stereocenters. The lowest BCUT2D eigenvalue weighted by Gasteiger charge is -2.21. The van der Waals surface area contributed by atoms with Crippen LogP contribution in [0.3, 0.4) is 0 Å². The number of hydrazine groups is 1. The van der Waals surface area contributed by atoms with E-state index in [0.717, 1.165) is 0 Å². The molecule has 0 bridgehead atoms. The minimum atomic E-state index is -0.0767. The van der Waals surface area contributed by atoms with Gasteiger partial charge >= 0.3 is 0 Å². The summed E-state index contributed by atoms with van der Waals surface area (Å²) >= 11 is 0. The Hall–Kier alpha value is -1.56. The first-order chi connectivity index (χ1) is 6.40. The molecular weight excluding hydrogens is 180 g/mol. The summed E-state index contributed by atoms with van der Waals surface area (Å²) in [5, 5.41) is 3.17. The van der Waals surface area contributed by atoms with Crippen LogP contribution in [0.1, 0.15) is 20.8 Å². The van der Waals surface area contributed by atoms with E-state index < -0.39 is 0 Å². The number of anilines is 3. The molecule has 0 aliphatic heterocycles. The average Bonchev–Trinajstić information content (AvgIpc) is 1.99. The Morgan fingerprint density at radius 1 is 1.21 bits per heavy atom. The van der Waals surface area contributed by atoms with Crippen LogP contribution in [-0.4, -0.2) is 15.5 Å². The van der Waals surface area contributed by atoms with Crippen LogP contribution in [0.25, 0.3) is 0 Å². The summed E-state index contributed by atoms with van der Waals surface area (Å²) < 4.78 is 0. The molecule has 0 saturated carbocycles. The normalized spacial score (nSPS) is 11.1. The van der Waals surface area contributed by atoms with Crippen molar-refractivity contribution in [3.8, 4) is 0 Å². The fourth-order valence-corrected chi connectivity index (χ4v) is 0.988. The maximum atomic E-state index is 5.50. The smallest absolute Gasteiger partial charge is 0.223 e. The van der Waals surface area contributed by atoms with Gasteiger partial charge in [0.25, 0.3) is 0 Å². The van der Waals surface area contributed by atoms with E-state index in [1.807, 2.05) is 20.8 Å². The van der Waals surface area contributed by atoms with Gasteiger partial charge in [0, 0.05) is 11.6 Å². The minimum Gasteiger partial charge on any atom is -0.368 e. The van der Waals surface area contributed by atoms with E-state index in [4.69, 9.17) is 11.6 Å². The first-order valence-corrected chi connectivity index (χ1v) is 4.30. The van der Waals surface area contributed by atoms with Crippen LogP contribution in [0.5, 0.6) is 0 Å². The van der Waals surface area contributed by atoms with E-state index in [-0.39, 0.29) is 11.5 Å². The third-order valence-electron chi connectivity index (χ3n) is 1.39. The van der Waals surface area contributed by atoms with E-state index in [0.29, 0.717) is 11.6 Å². The Kier molecular flexibility index (Phi) is 2.76. The topological polar surface area (TPSA) is 102 Å². The summed E-state index contributed by atoms with van der Waals surface area (Å²) in [7, 11) is 0. The number of aromatic nitrogens is 2. The molecule has 0 aliphatic carbocycles. The lowest BCUT2D eigenvalue weighted by Crippen LogP contribution is -2.27. The van der Waals surface area contributed by atoms with E-state index in [1.165, 1.54) is 0 Å². The highest BCUT2D eigenvalue weighted by Crippen LogP contribution is 2.15. The van der Waals surface area contributed by atoms with E-state index in [2.05, 4.69) is 20.7 Å². The highest BCUT2D eigenvalue weighted by molar-refractivity contribution is 5.51. The van der Waals surface area contributed by atoms with Crippen molar-refractivity contribution in [1.29, 1.82) is 0 Å². The molecule has 6 nitrogen and oxygen atoms in total. The summed E-state index contributed by atoms with van der Waals surface area (Å²) in [5.41, 5.74) is 7.84. The second-order valence-corrected chi connectivity index (χ2v) is 4.02. The summed E-state index contributed by atoms with van der Waals surface area (Å²) in [4.78, 5) is 7.90. The number of hydrogen-bond donors (Lipinski definition) is 4. The van der Waals surface area contributed by atoms with Crippen LogP contribution < -0.4 is 22.3 Å². The Morgan fingerprint density at radius 2 is 1.79 bits per heavy atom. The van der Waals surface area contributed by atoms with Gasteiger partial charge in [-0.1, -0.05) is 0 Å². The first-order valence-electron chi connectivity index (χ1n) is 4.30. The first kappa shape index (κ1) is 10.5. The fourth-order valence-electron chi connectivity index (χ4n) is 0.988. The highest BCUT2D eigenvalue weighted by atomic mass is 15.3. The number of nitrogen functional groups attached to an aromatic ring is 2. The third kappa shape index (κ3) is 3.06. The predicted molar refractivity (Wildman–Crippen MR) is 57.6 cm³/mol. The second kappa shape index (κ2) is 3.67. The van der Waals surface area contributed by atoms with Crippen molar-refractivity contribution in [2.24, 2.45) is 5.84 Å². The molecule has 0 spiro atoms. The number of nitrogens with two attached hydrogens (primary N) is 2. The van der Waals surface area contributed by atoms with Crippen molar-refractivity contribution in [3.05, 3.63) is 6.07 Å². The van der Waals surface area contributed by atoms with Crippen molar-refractivity contribution >= 4 is 17.6 Å². The molecule has 0 unspecified atom stereocenters. The van der Waals surface area contributed by atoms with Gasteiger partial charge in [-0.3, -0.25) is 0 Å². The Morgan fingerprint density at radius 3 is 2.29 bits per heavy atom. The molecule has 6 N–H and O–H groups in total. The van der Waals surface area contributed by atoms with Gasteiger partial charge in [-0.25, -0.2) is 5.84 Å². The van der Waals surface area contributed by atoms with Gasteiger partial charge in [0.05, 0.1) is 0 Å². The van der Waals surface area contributed by atoms with Gasteiger partial charge < -0.3 is 16.5 Å². The largest absolute Gasteiger partial charge is 0.368 e. The van der Waals surface area contributed by atoms with Crippen molar-refractivity contribution in [2.75, 3.05) is 16.5 Å². The van der Waals surface area contributed by atoms with E-state index in [1.54, 1.807) is 6.07 Å². The van der Waals surface area contributed by atoms with E-state index in [9.17, 15) is 0 Å². The van der Waals surface area contributed by atoms with Crippen LogP contribution >= 0.6 is 0 Å². The molecule has 1 aromatic heterocycles. The molecule has 0 fully saturated rings. The Labute approximate surface area is 83.1 Å². The Balaban J connectivity index is 2.92. The zero-order valence-corrected chi connectivity index (χ0v) is 8.63. The van der Waals surface area contributed by atoms with Crippen LogP contribution in [0.4, 0.5) is 17.6 Å². The summed E-state index contributed by atoms with van der Waals surface area (Å²) in [6.45, 7) is 6.09. The summed E-state index contributed by atoms with van der Waals surface area (Å²) in [6, 6.07) is 1.70. The van der Waals surface area contributed by atoms with Gasteiger partial charge in [-0.2, -0.15) is 9.97 Å². The lowest BCUT2D eigenvalue weighted by atomic mass is 10.1.